The minimum absolute atomic E-state index is 0.0261. The number of piperazine rings is 1. The molecule has 108 valence electrons. The summed E-state index contributed by atoms with van der Waals surface area (Å²) in [6.07, 6.45) is 3.52. The first kappa shape index (κ1) is 14.3. The molecule has 2 amide bonds. The topological polar surface area (TPSA) is 58.6 Å². The van der Waals surface area contributed by atoms with Crippen LogP contribution in [0.5, 0.6) is 0 Å². The maximum absolute atomic E-state index is 12.5. The van der Waals surface area contributed by atoms with Crippen molar-refractivity contribution in [3.63, 3.8) is 0 Å². The van der Waals surface area contributed by atoms with E-state index in [0.29, 0.717) is 18.9 Å². The number of nitrogens with one attached hydrogen (secondary N) is 1. The van der Waals surface area contributed by atoms with Gasteiger partial charge in [-0.15, -0.1) is 0 Å². The van der Waals surface area contributed by atoms with Gasteiger partial charge in [0.1, 0.15) is 12.1 Å². The summed E-state index contributed by atoms with van der Waals surface area (Å²) in [5, 5.41) is 2.87. The largest absolute Gasteiger partial charge is 0.385 e. The van der Waals surface area contributed by atoms with Crippen LogP contribution in [0.1, 0.15) is 39.5 Å². The lowest BCUT2D eigenvalue weighted by Crippen LogP contribution is -2.66. The molecule has 3 atom stereocenters. The van der Waals surface area contributed by atoms with E-state index in [1.807, 2.05) is 18.7 Å². The maximum atomic E-state index is 12.5. The Hall–Kier alpha value is -1.10. The summed E-state index contributed by atoms with van der Waals surface area (Å²) in [6, 6.07) is -0.562. The summed E-state index contributed by atoms with van der Waals surface area (Å²) in [6.45, 7) is 4.55. The number of carbonyl (C=O) groups excluding carboxylic acids is 2. The fourth-order valence-corrected chi connectivity index (χ4v) is 2.81. The van der Waals surface area contributed by atoms with Crippen LogP contribution in [0.3, 0.4) is 0 Å². The zero-order valence-corrected chi connectivity index (χ0v) is 12.0. The molecule has 0 aromatic carbocycles. The molecule has 1 N–H and O–H groups in total. The van der Waals surface area contributed by atoms with Gasteiger partial charge >= 0.3 is 0 Å². The van der Waals surface area contributed by atoms with Crippen LogP contribution >= 0.6 is 0 Å². The predicted octanol–water partition coefficient (Wildman–Crippen LogP) is 0.927. The zero-order chi connectivity index (χ0) is 14.0. The van der Waals surface area contributed by atoms with E-state index < -0.39 is 0 Å². The smallest absolute Gasteiger partial charge is 0.246 e. The average Bonchev–Trinajstić information content (AvgIpc) is 3.21. The number of hydrogen-bond donors (Lipinski definition) is 1. The molecule has 1 aliphatic heterocycles. The molecule has 3 unspecified atom stereocenters. The minimum Gasteiger partial charge on any atom is -0.385 e. The Balaban J connectivity index is 2.15. The summed E-state index contributed by atoms with van der Waals surface area (Å²) in [7, 11) is 1.66. The van der Waals surface area contributed by atoms with E-state index in [0.717, 1.165) is 19.3 Å². The molecule has 5 nitrogen and oxygen atoms in total. The number of methoxy groups -OCH3 is 1. The van der Waals surface area contributed by atoms with Crippen LogP contribution in [0.15, 0.2) is 0 Å². The molecule has 2 aliphatic rings. The summed E-state index contributed by atoms with van der Waals surface area (Å²) < 4.78 is 5.09. The molecule has 0 spiro atoms. The highest BCUT2D eigenvalue weighted by Gasteiger charge is 2.48. The van der Waals surface area contributed by atoms with Gasteiger partial charge in [0.15, 0.2) is 0 Å². The number of hydrogen-bond acceptors (Lipinski definition) is 3. The summed E-state index contributed by atoms with van der Waals surface area (Å²) in [5.41, 5.74) is 0. The third-order valence-electron chi connectivity index (χ3n) is 4.13. The Morgan fingerprint density at radius 1 is 1.42 bits per heavy atom. The van der Waals surface area contributed by atoms with E-state index in [4.69, 9.17) is 4.74 Å². The highest BCUT2D eigenvalue weighted by Crippen LogP contribution is 2.38. The second kappa shape index (κ2) is 5.90. The number of nitrogens with zero attached hydrogens (tertiary/aromatic N) is 1. The highest BCUT2D eigenvalue weighted by molar-refractivity contribution is 5.97. The Labute approximate surface area is 114 Å². The molecule has 19 heavy (non-hydrogen) atoms. The van der Waals surface area contributed by atoms with Gasteiger partial charge in [0.2, 0.25) is 11.8 Å². The molecule has 1 saturated carbocycles. The molecule has 2 fully saturated rings. The van der Waals surface area contributed by atoms with Crippen LogP contribution in [0, 0.1) is 5.92 Å². The fraction of sp³-hybridized carbons (Fsp3) is 0.857. The van der Waals surface area contributed by atoms with Crippen molar-refractivity contribution in [1.82, 2.24) is 10.2 Å². The van der Waals surface area contributed by atoms with Gasteiger partial charge in [0.25, 0.3) is 0 Å². The van der Waals surface area contributed by atoms with Gasteiger partial charge in [0, 0.05) is 19.8 Å². The van der Waals surface area contributed by atoms with Crippen LogP contribution in [0.4, 0.5) is 0 Å². The van der Waals surface area contributed by atoms with Gasteiger partial charge < -0.3 is 15.0 Å². The van der Waals surface area contributed by atoms with Gasteiger partial charge in [0.05, 0.1) is 0 Å². The zero-order valence-electron chi connectivity index (χ0n) is 12.0. The summed E-state index contributed by atoms with van der Waals surface area (Å²) >= 11 is 0. The van der Waals surface area contributed by atoms with Crippen molar-refractivity contribution in [2.45, 2.75) is 57.7 Å². The average molecular weight is 268 g/mol. The first-order chi connectivity index (χ1) is 9.10. The fourth-order valence-electron chi connectivity index (χ4n) is 2.81. The lowest BCUT2D eigenvalue weighted by atomic mass is 9.98. The van der Waals surface area contributed by atoms with Crippen molar-refractivity contribution in [1.29, 1.82) is 0 Å². The van der Waals surface area contributed by atoms with Crippen LogP contribution in [-0.4, -0.2) is 48.6 Å². The molecule has 0 aromatic rings. The second-order valence-electron chi connectivity index (χ2n) is 5.63. The number of amides is 2. The minimum atomic E-state index is -0.354. The molecule has 0 aromatic heterocycles. The van der Waals surface area contributed by atoms with Crippen molar-refractivity contribution in [3.8, 4) is 0 Å². The molecular weight excluding hydrogens is 244 g/mol. The van der Waals surface area contributed by atoms with Crippen molar-refractivity contribution in [3.05, 3.63) is 0 Å². The standard InChI is InChI=1S/C14H24N2O3/c1-4-11-14(18)16(9(2)7-8-19-3)12(10-5-6-10)13(17)15-11/h9-12H,4-8H2,1-3H3,(H,15,17). The van der Waals surface area contributed by atoms with Crippen molar-refractivity contribution in [2.75, 3.05) is 13.7 Å². The van der Waals surface area contributed by atoms with Gasteiger partial charge in [-0.05, 0) is 38.5 Å². The Morgan fingerprint density at radius 3 is 2.63 bits per heavy atom. The van der Waals surface area contributed by atoms with E-state index in [1.54, 1.807) is 7.11 Å². The van der Waals surface area contributed by atoms with Crippen molar-refractivity contribution in [2.24, 2.45) is 5.92 Å². The monoisotopic (exact) mass is 268 g/mol. The lowest BCUT2D eigenvalue weighted by molar-refractivity contribution is -0.153. The summed E-state index contributed by atoms with van der Waals surface area (Å²) in [4.78, 5) is 26.6. The number of ether oxygens (including phenoxy) is 1. The first-order valence-corrected chi connectivity index (χ1v) is 7.21. The molecule has 1 saturated heterocycles. The molecule has 1 heterocycles. The Bertz CT molecular complexity index is 355. The molecule has 5 heteroatoms. The summed E-state index contributed by atoms with van der Waals surface area (Å²) in [5.74, 6) is 0.451. The van der Waals surface area contributed by atoms with E-state index in [-0.39, 0.29) is 29.9 Å². The van der Waals surface area contributed by atoms with E-state index in [9.17, 15) is 9.59 Å². The van der Waals surface area contributed by atoms with Crippen LogP contribution in [0.2, 0.25) is 0 Å². The van der Waals surface area contributed by atoms with E-state index in [1.165, 1.54) is 0 Å². The number of rotatable bonds is 6. The SMILES string of the molecule is CCC1NC(=O)C(C2CC2)N(C(C)CCOC)C1=O. The normalized spacial score (nSPS) is 29.3. The third-order valence-corrected chi connectivity index (χ3v) is 4.13. The van der Waals surface area contributed by atoms with Crippen molar-refractivity contribution >= 4 is 11.8 Å². The van der Waals surface area contributed by atoms with Crippen molar-refractivity contribution < 1.29 is 14.3 Å². The van der Waals surface area contributed by atoms with Crippen LogP contribution in [0.25, 0.3) is 0 Å². The third kappa shape index (κ3) is 2.91. The molecule has 0 radical (unpaired) electrons. The van der Waals surface area contributed by atoms with Gasteiger partial charge in [-0.2, -0.15) is 0 Å². The van der Waals surface area contributed by atoms with Gasteiger partial charge in [-0.1, -0.05) is 6.92 Å². The quantitative estimate of drug-likeness (QED) is 0.779. The van der Waals surface area contributed by atoms with Crippen LogP contribution < -0.4 is 5.32 Å². The maximum Gasteiger partial charge on any atom is 0.246 e. The Morgan fingerprint density at radius 2 is 2.11 bits per heavy atom. The van der Waals surface area contributed by atoms with Gasteiger partial charge in [-0.3, -0.25) is 9.59 Å². The van der Waals surface area contributed by atoms with E-state index >= 15 is 0 Å². The molecular formula is C14H24N2O3. The first-order valence-electron chi connectivity index (χ1n) is 7.21. The lowest BCUT2D eigenvalue weighted by Gasteiger charge is -2.42. The second-order valence-corrected chi connectivity index (χ2v) is 5.63. The van der Waals surface area contributed by atoms with Gasteiger partial charge in [-0.25, -0.2) is 0 Å². The number of carbonyl (C=O) groups is 2. The predicted molar refractivity (Wildman–Crippen MR) is 71.5 cm³/mol. The van der Waals surface area contributed by atoms with E-state index in [2.05, 4.69) is 5.32 Å². The molecule has 1 aliphatic carbocycles. The molecule has 2 rings (SSSR count). The Kier molecular flexibility index (Phi) is 4.45. The highest BCUT2D eigenvalue weighted by atomic mass is 16.5. The molecule has 0 bridgehead atoms. The van der Waals surface area contributed by atoms with Crippen LogP contribution in [-0.2, 0) is 14.3 Å².